The second kappa shape index (κ2) is 6.74. The Bertz CT molecular complexity index is 667. The van der Waals surface area contributed by atoms with Crippen LogP contribution in [0.15, 0.2) is 36.0 Å². The highest BCUT2D eigenvalue weighted by Crippen LogP contribution is 2.23. The molecule has 0 radical (unpaired) electrons. The van der Waals surface area contributed by atoms with Crippen molar-refractivity contribution in [2.45, 2.75) is 33.5 Å². The summed E-state index contributed by atoms with van der Waals surface area (Å²) in [6, 6.07) is 6.83. The van der Waals surface area contributed by atoms with Gasteiger partial charge in [0.1, 0.15) is 0 Å². The van der Waals surface area contributed by atoms with Crippen molar-refractivity contribution < 1.29 is 23.9 Å². The molecule has 0 aromatic heterocycles. The normalized spacial score (nSPS) is 16.3. The fourth-order valence-corrected chi connectivity index (χ4v) is 1.87. The molecule has 0 unspecified atom stereocenters. The van der Waals surface area contributed by atoms with Crippen molar-refractivity contribution in [1.82, 2.24) is 0 Å². The van der Waals surface area contributed by atoms with Gasteiger partial charge in [-0.05, 0) is 24.3 Å². The van der Waals surface area contributed by atoms with Crippen LogP contribution < -0.4 is 10.6 Å². The molecule has 128 valence electrons. The van der Waals surface area contributed by atoms with Gasteiger partial charge in [0.15, 0.2) is 5.57 Å². The average molecular weight is 332 g/mol. The molecule has 0 spiro atoms. The Balaban J connectivity index is 2.03. The maximum Gasteiger partial charge on any atom is 0.350 e. The lowest BCUT2D eigenvalue weighted by atomic mass is 10.2. The number of nitrogens with one attached hydrogen (secondary N) is 2. The molecule has 1 amide bonds. The van der Waals surface area contributed by atoms with Crippen LogP contribution in [0.25, 0.3) is 0 Å². The van der Waals surface area contributed by atoms with E-state index in [0.29, 0.717) is 11.4 Å². The van der Waals surface area contributed by atoms with Crippen LogP contribution in [0.3, 0.4) is 0 Å². The van der Waals surface area contributed by atoms with Gasteiger partial charge in [-0.25, -0.2) is 9.59 Å². The maximum atomic E-state index is 11.8. The van der Waals surface area contributed by atoms with Crippen LogP contribution in [0.5, 0.6) is 0 Å². The number of anilines is 2. The molecule has 1 aromatic rings. The quantitative estimate of drug-likeness (QED) is 0.499. The van der Waals surface area contributed by atoms with Gasteiger partial charge in [-0.15, -0.1) is 0 Å². The van der Waals surface area contributed by atoms with Gasteiger partial charge in [-0.2, -0.15) is 0 Å². The number of carbonyl (C=O) groups excluding carboxylic acids is 3. The summed E-state index contributed by atoms with van der Waals surface area (Å²) in [7, 11) is 0. The van der Waals surface area contributed by atoms with Crippen molar-refractivity contribution in [2.24, 2.45) is 5.92 Å². The van der Waals surface area contributed by atoms with Crippen LogP contribution in [0.1, 0.15) is 27.7 Å². The predicted molar refractivity (Wildman–Crippen MR) is 87.9 cm³/mol. The second-order valence-electron chi connectivity index (χ2n) is 6.10. The first kappa shape index (κ1) is 17.5. The maximum absolute atomic E-state index is 11.8. The van der Waals surface area contributed by atoms with E-state index in [1.807, 2.05) is 0 Å². The Kier molecular flexibility index (Phi) is 4.92. The van der Waals surface area contributed by atoms with Gasteiger partial charge in [0.05, 0.1) is 0 Å². The lowest BCUT2D eigenvalue weighted by Gasteiger charge is -2.29. The van der Waals surface area contributed by atoms with Gasteiger partial charge in [0.25, 0.3) is 5.79 Å². The van der Waals surface area contributed by atoms with Crippen molar-refractivity contribution in [2.75, 3.05) is 10.6 Å². The number of esters is 2. The van der Waals surface area contributed by atoms with E-state index < -0.39 is 17.7 Å². The summed E-state index contributed by atoms with van der Waals surface area (Å²) in [5, 5.41) is 5.60. The number of amides is 1. The third-order valence-corrected chi connectivity index (χ3v) is 3.18. The van der Waals surface area contributed by atoms with Gasteiger partial charge in [-0.3, -0.25) is 4.79 Å². The zero-order valence-electron chi connectivity index (χ0n) is 14.0. The number of cyclic esters (lactones) is 2. The molecule has 2 N–H and O–H groups in total. The van der Waals surface area contributed by atoms with Crippen LogP contribution in [0.2, 0.25) is 0 Å². The lowest BCUT2D eigenvalue weighted by Crippen LogP contribution is -2.42. The first-order chi connectivity index (χ1) is 11.2. The molecular formula is C17H20N2O5. The Morgan fingerprint density at radius 1 is 1.04 bits per heavy atom. The summed E-state index contributed by atoms with van der Waals surface area (Å²) in [5.41, 5.74) is 1.08. The number of benzene rings is 1. The van der Waals surface area contributed by atoms with Crippen molar-refractivity contribution in [3.05, 3.63) is 36.0 Å². The minimum absolute atomic E-state index is 0.0758. The predicted octanol–water partition coefficient (Wildman–Crippen LogP) is 2.41. The fraction of sp³-hybridized carbons (Fsp3) is 0.353. The molecule has 1 aliphatic heterocycles. The highest BCUT2D eigenvalue weighted by molar-refractivity contribution is 6.15. The third kappa shape index (κ3) is 4.34. The number of hydrogen-bond acceptors (Lipinski definition) is 6. The molecule has 24 heavy (non-hydrogen) atoms. The summed E-state index contributed by atoms with van der Waals surface area (Å²) in [6.07, 6.45) is 1.24. The Labute approximate surface area is 140 Å². The van der Waals surface area contributed by atoms with E-state index in [4.69, 9.17) is 9.47 Å². The minimum Gasteiger partial charge on any atom is -0.419 e. The number of rotatable bonds is 4. The lowest BCUT2D eigenvalue weighted by molar-refractivity contribution is -0.222. The van der Waals surface area contributed by atoms with Gasteiger partial charge in [0.2, 0.25) is 5.91 Å². The van der Waals surface area contributed by atoms with Crippen molar-refractivity contribution in [1.29, 1.82) is 0 Å². The molecule has 2 rings (SSSR count). The molecule has 1 aliphatic rings. The SMILES string of the molecule is CC(C)C(=O)Nc1ccc(NC=C2C(=O)OC(C)(C)OC2=O)cc1. The Hall–Kier alpha value is -2.83. The summed E-state index contributed by atoms with van der Waals surface area (Å²) in [5.74, 6) is -2.94. The molecule has 7 nitrogen and oxygen atoms in total. The van der Waals surface area contributed by atoms with E-state index >= 15 is 0 Å². The largest absolute Gasteiger partial charge is 0.419 e. The van der Waals surface area contributed by atoms with Gasteiger partial charge >= 0.3 is 11.9 Å². The number of ether oxygens (including phenoxy) is 2. The number of hydrogen-bond donors (Lipinski definition) is 2. The molecule has 0 saturated carbocycles. The van der Waals surface area contributed by atoms with Crippen molar-refractivity contribution in [3.8, 4) is 0 Å². The summed E-state index contributed by atoms with van der Waals surface area (Å²) in [4.78, 5) is 35.2. The Morgan fingerprint density at radius 3 is 2.04 bits per heavy atom. The molecule has 0 bridgehead atoms. The van der Waals surface area contributed by atoms with Gasteiger partial charge in [0, 0.05) is 37.3 Å². The van der Waals surface area contributed by atoms with E-state index in [1.54, 1.807) is 38.1 Å². The monoisotopic (exact) mass is 332 g/mol. The van der Waals surface area contributed by atoms with E-state index in [1.165, 1.54) is 20.0 Å². The van der Waals surface area contributed by atoms with Crippen molar-refractivity contribution in [3.63, 3.8) is 0 Å². The number of carbonyl (C=O) groups is 3. The molecule has 0 aliphatic carbocycles. The smallest absolute Gasteiger partial charge is 0.350 e. The summed E-state index contributed by atoms with van der Waals surface area (Å²) >= 11 is 0. The topological polar surface area (TPSA) is 93.7 Å². The molecular weight excluding hydrogens is 312 g/mol. The summed E-state index contributed by atoms with van der Waals surface area (Å²) < 4.78 is 9.99. The first-order valence-corrected chi connectivity index (χ1v) is 7.52. The van der Waals surface area contributed by atoms with Crippen LogP contribution in [0, 0.1) is 5.92 Å². The van der Waals surface area contributed by atoms with Crippen LogP contribution in [0.4, 0.5) is 11.4 Å². The minimum atomic E-state index is -1.26. The second-order valence-corrected chi connectivity index (χ2v) is 6.10. The summed E-state index contributed by atoms with van der Waals surface area (Å²) in [6.45, 7) is 6.58. The van der Waals surface area contributed by atoms with E-state index in [9.17, 15) is 14.4 Å². The van der Waals surface area contributed by atoms with Crippen LogP contribution in [-0.4, -0.2) is 23.6 Å². The zero-order chi connectivity index (χ0) is 17.9. The third-order valence-electron chi connectivity index (χ3n) is 3.18. The van der Waals surface area contributed by atoms with E-state index in [0.717, 1.165) is 0 Å². The molecule has 1 fully saturated rings. The van der Waals surface area contributed by atoms with E-state index in [-0.39, 0.29) is 17.4 Å². The standard InChI is InChI=1S/C17H20N2O5/c1-10(2)14(20)19-12-7-5-11(6-8-12)18-9-13-15(21)23-17(3,4)24-16(13)22/h5-10,18H,1-4H3,(H,19,20). The molecule has 1 aromatic carbocycles. The molecule has 7 heteroatoms. The molecule has 1 saturated heterocycles. The highest BCUT2D eigenvalue weighted by Gasteiger charge is 2.38. The van der Waals surface area contributed by atoms with Crippen molar-refractivity contribution >= 4 is 29.2 Å². The fourth-order valence-electron chi connectivity index (χ4n) is 1.87. The molecule has 0 atom stereocenters. The molecule has 1 heterocycles. The van der Waals surface area contributed by atoms with Gasteiger partial charge in [-0.1, -0.05) is 13.8 Å². The highest BCUT2D eigenvalue weighted by atomic mass is 16.7. The van der Waals surface area contributed by atoms with Crippen LogP contribution >= 0.6 is 0 Å². The van der Waals surface area contributed by atoms with Crippen LogP contribution in [-0.2, 0) is 23.9 Å². The Morgan fingerprint density at radius 2 is 1.54 bits per heavy atom. The van der Waals surface area contributed by atoms with Gasteiger partial charge < -0.3 is 20.1 Å². The first-order valence-electron chi connectivity index (χ1n) is 7.52. The zero-order valence-corrected chi connectivity index (χ0v) is 14.0. The average Bonchev–Trinajstić information content (AvgIpc) is 2.46. The van der Waals surface area contributed by atoms with E-state index in [2.05, 4.69) is 10.6 Å².